The predicted molar refractivity (Wildman–Crippen MR) is 120 cm³/mol. The van der Waals surface area contributed by atoms with E-state index in [2.05, 4.69) is 55.6 Å². The largest absolute Gasteiger partial charge is 0.378 e. The highest BCUT2D eigenvalue weighted by Gasteiger charge is 2.10. The van der Waals surface area contributed by atoms with Gasteiger partial charge in [0.1, 0.15) is 0 Å². The molecule has 1 amide bonds. The maximum atomic E-state index is 12.1. The number of nitrogens with one attached hydrogen (secondary N) is 1. The van der Waals surface area contributed by atoms with Crippen LogP contribution < -0.4 is 10.3 Å². The molecule has 1 aliphatic rings. The van der Waals surface area contributed by atoms with Gasteiger partial charge in [0.2, 0.25) is 5.91 Å². The molecule has 1 N–H and O–H groups in total. The Labute approximate surface area is 178 Å². The number of carbonyl (C=O) groups is 1. The van der Waals surface area contributed by atoms with E-state index in [0.717, 1.165) is 52.4 Å². The van der Waals surface area contributed by atoms with Gasteiger partial charge in [-0.25, -0.2) is 5.43 Å². The van der Waals surface area contributed by atoms with Gasteiger partial charge in [-0.1, -0.05) is 28.1 Å². The van der Waals surface area contributed by atoms with Crippen molar-refractivity contribution in [2.75, 3.05) is 37.0 Å². The molecule has 1 fully saturated rings. The van der Waals surface area contributed by atoms with Crippen molar-refractivity contribution in [2.45, 2.75) is 18.7 Å². The summed E-state index contributed by atoms with van der Waals surface area (Å²) in [7, 11) is 0. The normalized spacial score (nSPS) is 14.5. The van der Waals surface area contributed by atoms with Crippen molar-refractivity contribution in [3.8, 4) is 0 Å². The number of benzene rings is 2. The molecule has 0 unspecified atom stereocenters. The summed E-state index contributed by atoms with van der Waals surface area (Å²) in [5.41, 5.74) is 7.04. The molecule has 0 spiro atoms. The van der Waals surface area contributed by atoms with Crippen molar-refractivity contribution in [1.29, 1.82) is 0 Å². The van der Waals surface area contributed by atoms with Gasteiger partial charge in [0.15, 0.2) is 0 Å². The van der Waals surface area contributed by atoms with E-state index >= 15 is 0 Å². The summed E-state index contributed by atoms with van der Waals surface area (Å²) in [6.45, 7) is 7.46. The minimum Gasteiger partial charge on any atom is -0.378 e. The molecule has 5 nitrogen and oxygen atoms in total. The van der Waals surface area contributed by atoms with Crippen molar-refractivity contribution in [3.05, 3.63) is 57.6 Å². The van der Waals surface area contributed by atoms with Crippen molar-refractivity contribution in [2.24, 2.45) is 5.10 Å². The van der Waals surface area contributed by atoms with Crippen molar-refractivity contribution >= 4 is 45.5 Å². The number of carbonyl (C=O) groups excluding carboxylic acids is 1. The lowest BCUT2D eigenvalue weighted by molar-refractivity contribution is -0.118. The molecule has 0 aromatic heterocycles. The summed E-state index contributed by atoms with van der Waals surface area (Å²) >= 11 is 5.05. The van der Waals surface area contributed by atoms with Crippen LogP contribution in [0.3, 0.4) is 0 Å². The Morgan fingerprint density at radius 3 is 2.64 bits per heavy atom. The zero-order chi connectivity index (χ0) is 19.9. The molecule has 0 saturated carbocycles. The Hall–Kier alpha value is -1.83. The number of hydrogen-bond donors (Lipinski definition) is 1. The molecule has 0 aliphatic carbocycles. The van der Waals surface area contributed by atoms with E-state index in [9.17, 15) is 4.79 Å². The third kappa shape index (κ3) is 5.83. The van der Waals surface area contributed by atoms with Crippen LogP contribution >= 0.6 is 27.7 Å². The lowest BCUT2D eigenvalue weighted by atomic mass is 10.2. The van der Waals surface area contributed by atoms with Crippen LogP contribution in [0, 0.1) is 13.8 Å². The molecule has 0 atom stereocenters. The van der Waals surface area contributed by atoms with Crippen LogP contribution in [0.4, 0.5) is 5.69 Å². The zero-order valence-corrected chi connectivity index (χ0v) is 18.5. The summed E-state index contributed by atoms with van der Waals surface area (Å²) in [6, 6.07) is 12.3. The first-order chi connectivity index (χ1) is 13.5. The van der Waals surface area contributed by atoms with Crippen LogP contribution in [0.1, 0.15) is 16.7 Å². The molecule has 2 aromatic rings. The number of hydrogen-bond acceptors (Lipinski definition) is 5. The second-order valence-corrected chi connectivity index (χ2v) is 8.51. The van der Waals surface area contributed by atoms with Crippen molar-refractivity contribution in [1.82, 2.24) is 5.43 Å². The number of amides is 1. The fourth-order valence-corrected chi connectivity index (χ4v) is 4.21. The molecule has 2 aromatic carbocycles. The molecule has 0 bridgehead atoms. The fraction of sp³-hybridized carbons (Fsp3) is 0.333. The molecular weight excluding hydrogens is 438 g/mol. The SMILES string of the molecule is Cc1cc(SCC(=O)N/N=C\c2ccc(N3CCOCC3)cc2)c(C)cc1Br. The molecule has 0 radical (unpaired) electrons. The second kappa shape index (κ2) is 10.1. The van der Waals surface area contributed by atoms with Crippen LogP contribution in [-0.2, 0) is 9.53 Å². The van der Waals surface area contributed by atoms with Crippen LogP contribution in [0.2, 0.25) is 0 Å². The minimum absolute atomic E-state index is 0.119. The van der Waals surface area contributed by atoms with Crippen LogP contribution in [0.5, 0.6) is 0 Å². The fourth-order valence-electron chi connectivity index (χ4n) is 2.86. The third-order valence-corrected chi connectivity index (χ3v) is 6.50. The lowest BCUT2D eigenvalue weighted by Gasteiger charge is -2.28. The standard InChI is InChI=1S/C21H24BrN3O2S/c1-15-12-20(16(2)11-19(15)22)28-14-21(26)24-23-13-17-3-5-18(6-4-17)25-7-9-27-10-8-25/h3-6,11-13H,7-10,14H2,1-2H3,(H,24,26)/b23-13-. The first-order valence-electron chi connectivity index (χ1n) is 9.17. The van der Waals surface area contributed by atoms with Gasteiger partial charge in [-0.2, -0.15) is 5.10 Å². The Morgan fingerprint density at radius 2 is 1.93 bits per heavy atom. The molecular formula is C21H24BrN3O2S. The predicted octanol–water partition coefficient (Wildman–Crippen LogP) is 4.14. The van der Waals surface area contributed by atoms with Crippen LogP contribution in [0.15, 0.2) is 50.9 Å². The van der Waals surface area contributed by atoms with E-state index in [1.807, 2.05) is 26.0 Å². The Bertz CT molecular complexity index is 849. The van der Waals surface area contributed by atoms with Gasteiger partial charge < -0.3 is 9.64 Å². The minimum atomic E-state index is -0.119. The van der Waals surface area contributed by atoms with E-state index in [-0.39, 0.29) is 5.91 Å². The number of nitrogens with zero attached hydrogens (tertiary/aromatic N) is 2. The molecule has 7 heteroatoms. The lowest BCUT2D eigenvalue weighted by Crippen LogP contribution is -2.36. The second-order valence-electron chi connectivity index (χ2n) is 6.64. The summed E-state index contributed by atoms with van der Waals surface area (Å²) in [6.07, 6.45) is 1.67. The van der Waals surface area contributed by atoms with Gasteiger partial charge in [0.25, 0.3) is 0 Å². The van der Waals surface area contributed by atoms with Gasteiger partial charge in [0.05, 0.1) is 25.2 Å². The monoisotopic (exact) mass is 461 g/mol. The van der Waals surface area contributed by atoms with E-state index in [0.29, 0.717) is 5.75 Å². The Balaban J connectivity index is 1.47. The van der Waals surface area contributed by atoms with Crippen molar-refractivity contribution in [3.63, 3.8) is 0 Å². The molecule has 1 aliphatic heterocycles. The Kier molecular flexibility index (Phi) is 7.53. The summed E-state index contributed by atoms with van der Waals surface area (Å²) in [4.78, 5) is 15.5. The smallest absolute Gasteiger partial charge is 0.250 e. The average molecular weight is 462 g/mol. The van der Waals surface area contributed by atoms with Gasteiger partial charge in [-0.15, -0.1) is 11.8 Å². The van der Waals surface area contributed by atoms with Gasteiger partial charge in [-0.05, 0) is 54.8 Å². The van der Waals surface area contributed by atoms with Crippen molar-refractivity contribution < 1.29 is 9.53 Å². The number of ether oxygens (including phenoxy) is 1. The Morgan fingerprint density at radius 1 is 1.21 bits per heavy atom. The average Bonchev–Trinajstić information content (AvgIpc) is 2.71. The number of hydrazone groups is 1. The van der Waals surface area contributed by atoms with Gasteiger partial charge in [0, 0.05) is 28.1 Å². The maximum absolute atomic E-state index is 12.1. The van der Waals surface area contributed by atoms with Gasteiger partial charge >= 0.3 is 0 Å². The highest BCUT2D eigenvalue weighted by atomic mass is 79.9. The number of aryl methyl sites for hydroxylation is 2. The first-order valence-corrected chi connectivity index (χ1v) is 10.9. The third-order valence-electron chi connectivity index (χ3n) is 4.49. The van der Waals surface area contributed by atoms with Crippen LogP contribution in [-0.4, -0.2) is 44.2 Å². The number of halogens is 1. The number of rotatable bonds is 6. The highest BCUT2D eigenvalue weighted by molar-refractivity contribution is 9.10. The highest BCUT2D eigenvalue weighted by Crippen LogP contribution is 2.28. The topological polar surface area (TPSA) is 53.9 Å². The summed E-state index contributed by atoms with van der Waals surface area (Å²) < 4.78 is 6.47. The summed E-state index contributed by atoms with van der Waals surface area (Å²) in [5.74, 6) is 0.209. The zero-order valence-electron chi connectivity index (χ0n) is 16.1. The molecule has 28 heavy (non-hydrogen) atoms. The summed E-state index contributed by atoms with van der Waals surface area (Å²) in [5, 5.41) is 4.07. The first kappa shape index (κ1) is 20.9. The number of anilines is 1. The van der Waals surface area contributed by atoms with Crippen LogP contribution in [0.25, 0.3) is 0 Å². The molecule has 1 saturated heterocycles. The van der Waals surface area contributed by atoms with E-state index in [1.54, 1.807) is 6.21 Å². The number of thioether (sulfide) groups is 1. The molecule has 3 rings (SSSR count). The molecule has 1 heterocycles. The number of morpholine rings is 1. The van der Waals surface area contributed by atoms with E-state index in [1.165, 1.54) is 17.4 Å². The maximum Gasteiger partial charge on any atom is 0.250 e. The van der Waals surface area contributed by atoms with Gasteiger partial charge in [-0.3, -0.25) is 4.79 Å². The van der Waals surface area contributed by atoms with E-state index < -0.39 is 0 Å². The molecule has 148 valence electrons. The quantitative estimate of drug-likeness (QED) is 0.398. The van der Waals surface area contributed by atoms with E-state index in [4.69, 9.17) is 4.74 Å².